The minimum Gasteiger partial charge on any atom is -0.345 e. The van der Waals surface area contributed by atoms with Crippen LogP contribution in [0.1, 0.15) is 86.5 Å². The van der Waals surface area contributed by atoms with Gasteiger partial charge in [-0.05, 0) is 49.9 Å². The molecule has 0 heterocycles. The lowest BCUT2D eigenvalue weighted by molar-refractivity contribution is -0.131. The molecule has 154 valence electrons. The number of hydrogen-bond acceptors (Lipinski definition) is 2. The molecular weight excluding hydrogens is 324 g/mol. The van der Waals surface area contributed by atoms with E-state index in [0.29, 0.717) is 30.1 Å². The average Bonchev–Trinajstić information content (AvgIpc) is 2.56. The molecule has 0 N–H and O–H groups in total. The number of carbonyl (C=O) groups is 2. The summed E-state index contributed by atoms with van der Waals surface area (Å²) in [6.45, 7) is 16.6. The highest BCUT2D eigenvalue weighted by atomic mass is 16.2. The molecular formula is C22H44N2O2. The Morgan fingerprint density at radius 1 is 0.731 bits per heavy atom. The van der Waals surface area contributed by atoms with Gasteiger partial charge in [0, 0.05) is 32.6 Å². The molecule has 0 aliphatic rings. The van der Waals surface area contributed by atoms with Gasteiger partial charge in [0.05, 0.1) is 0 Å². The predicted octanol–water partition coefficient (Wildman–Crippen LogP) is 4.97. The van der Waals surface area contributed by atoms with Crippen LogP contribution in [0.25, 0.3) is 0 Å². The van der Waals surface area contributed by atoms with E-state index < -0.39 is 0 Å². The first-order valence-electron chi connectivity index (χ1n) is 10.7. The van der Waals surface area contributed by atoms with Crippen LogP contribution < -0.4 is 0 Å². The number of amides is 2. The number of rotatable bonds is 16. The maximum Gasteiger partial charge on any atom is 0.222 e. The second-order valence-electron chi connectivity index (χ2n) is 8.88. The molecule has 0 aromatic heterocycles. The molecule has 0 fully saturated rings. The summed E-state index contributed by atoms with van der Waals surface area (Å²) in [5.74, 6) is 2.19. The molecule has 0 aromatic rings. The van der Waals surface area contributed by atoms with Gasteiger partial charge < -0.3 is 9.80 Å². The van der Waals surface area contributed by atoms with Gasteiger partial charge in [0.25, 0.3) is 0 Å². The molecule has 26 heavy (non-hydrogen) atoms. The topological polar surface area (TPSA) is 40.6 Å². The molecule has 0 spiro atoms. The molecule has 0 saturated carbocycles. The second-order valence-corrected chi connectivity index (χ2v) is 8.88. The third-order valence-electron chi connectivity index (χ3n) is 4.78. The molecule has 4 nitrogen and oxygen atoms in total. The number of nitrogens with zero attached hydrogens (tertiary/aromatic N) is 2. The monoisotopic (exact) mass is 368 g/mol. The summed E-state index contributed by atoms with van der Waals surface area (Å²) in [7, 11) is 0. The first-order chi connectivity index (χ1) is 12.3. The Hall–Kier alpha value is -1.06. The van der Waals surface area contributed by atoms with Gasteiger partial charge in [-0.15, -0.1) is 0 Å². The summed E-state index contributed by atoms with van der Waals surface area (Å²) in [4.78, 5) is 27.6. The maximum atomic E-state index is 12.6. The molecule has 0 aliphatic heterocycles. The van der Waals surface area contributed by atoms with Gasteiger partial charge in [0.2, 0.25) is 12.3 Å². The van der Waals surface area contributed by atoms with Crippen LogP contribution in [0.2, 0.25) is 0 Å². The van der Waals surface area contributed by atoms with E-state index in [2.05, 4.69) is 46.4 Å². The van der Waals surface area contributed by atoms with Gasteiger partial charge in [0.1, 0.15) is 0 Å². The maximum absolute atomic E-state index is 12.6. The number of hydrogen-bond donors (Lipinski definition) is 0. The van der Waals surface area contributed by atoms with E-state index in [1.165, 1.54) is 0 Å². The van der Waals surface area contributed by atoms with Gasteiger partial charge in [-0.25, -0.2) is 0 Å². The van der Waals surface area contributed by atoms with Crippen LogP contribution in [-0.4, -0.2) is 48.3 Å². The van der Waals surface area contributed by atoms with E-state index in [1.54, 1.807) is 0 Å². The zero-order valence-corrected chi connectivity index (χ0v) is 18.3. The quantitative estimate of drug-likeness (QED) is 0.285. The van der Waals surface area contributed by atoms with Gasteiger partial charge in [-0.2, -0.15) is 0 Å². The standard InChI is InChI=1S/C22H44N2O2/c1-19(2)11-15-23(18-25)14-9-7-8-10-22(26)24(16-12-20(3)4)17-13-21(5)6/h18-21H,7-17H2,1-6H3. The van der Waals surface area contributed by atoms with Crippen molar-refractivity contribution < 1.29 is 9.59 Å². The fourth-order valence-corrected chi connectivity index (χ4v) is 2.76. The highest BCUT2D eigenvalue weighted by Gasteiger charge is 2.14. The molecule has 0 rings (SSSR count). The van der Waals surface area contributed by atoms with Crippen molar-refractivity contribution in [2.45, 2.75) is 86.5 Å². The van der Waals surface area contributed by atoms with Crippen LogP contribution in [0.3, 0.4) is 0 Å². The van der Waals surface area contributed by atoms with E-state index in [0.717, 1.165) is 71.1 Å². The number of carbonyl (C=O) groups excluding carboxylic acids is 2. The molecule has 0 unspecified atom stereocenters. The molecule has 0 saturated heterocycles. The predicted molar refractivity (Wildman–Crippen MR) is 111 cm³/mol. The van der Waals surface area contributed by atoms with Crippen LogP contribution in [0, 0.1) is 17.8 Å². The first kappa shape index (κ1) is 24.9. The van der Waals surface area contributed by atoms with Crippen LogP contribution in [0.4, 0.5) is 0 Å². The smallest absolute Gasteiger partial charge is 0.222 e. The van der Waals surface area contributed by atoms with Crippen molar-refractivity contribution in [2.75, 3.05) is 26.2 Å². The summed E-state index contributed by atoms with van der Waals surface area (Å²) >= 11 is 0. The zero-order valence-electron chi connectivity index (χ0n) is 18.3. The Bertz CT molecular complexity index is 355. The summed E-state index contributed by atoms with van der Waals surface area (Å²) in [6, 6.07) is 0. The van der Waals surface area contributed by atoms with Gasteiger partial charge in [0.15, 0.2) is 0 Å². The lowest BCUT2D eigenvalue weighted by Gasteiger charge is -2.24. The Morgan fingerprint density at radius 3 is 1.69 bits per heavy atom. The van der Waals surface area contributed by atoms with Gasteiger partial charge in [-0.1, -0.05) is 48.0 Å². The van der Waals surface area contributed by atoms with Crippen molar-refractivity contribution >= 4 is 12.3 Å². The largest absolute Gasteiger partial charge is 0.345 e. The highest BCUT2D eigenvalue weighted by Crippen LogP contribution is 2.11. The summed E-state index contributed by atoms with van der Waals surface area (Å²) in [5, 5.41) is 0. The van der Waals surface area contributed by atoms with Crippen LogP contribution in [-0.2, 0) is 9.59 Å². The van der Waals surface area contributed by atoms with Crippen molar-refractivity contribution in [1.82, 2.24) is 9.80 Å². The third-order valence-corrected chi connectivity index (χ3v) is 4.78. The van der Waals surface area contributed by atoms with E-state index >= 15 is 0 Å². The minimum absolute atomic E-state index is 0.304. The fourth-order valence-electron chi connectivity index (χ4n) is 2.76. The summed E-state index contributed by atoms with van der Waals surface area (Å²) in [6.07, 6.45) is 7.74. The van der Waals surface area contributed by atoms with Crippen molar-refractivity contribution in [2.24, 2.45) is 17.8 Å². The fraction of sp³-hybridized carbons (Fsp3) is 0.909. The molecule has 4 heteroatoms. The van der Waals surface area contributed by atoms with Crippen molar-refractivity contribution in [3.05, 3.63) is 0 Å². The van der Waals surface area contributed by atoms with E-state index in [-0.39, 0.29) is 0 Å². The van der Waals surface area contributed by atoms with Crippen LogP contribution in [0.5, 0.6) is 0 Å². The van der Waals surface area contributed by atoms with Gasteiger partial charge in [-0.3, -0.25) is 9.59 Å². The first-order valence-corrected chi connectivity index (χ1v) is 10.7. The minimum atomic E-state index is 0.304. The SMILES string of the molecule is CC(C)CCN(C=O)CCCCCC(=O)N(CCC(C)C)CCC(C)C. The van der Waals surface area contributed by atoms with Crippen molar-refractivity contribution in [1.29, 1.82) is 0 Å². The number of unbranched alkanes of at least 4 members (excludes halogenated alkanes) is 2. The van der Waals surface area contributed by atoms with Crippen molar-refractivity contribution in [3.63, 3.8) is 0 Å². The van der Waals surface area contributed by atoms with Crippen LogP contribution >= 0.6 is 0 Å². The summed E-state index contributed by atoms with van der Waals surface area (Å²) in [5.41, 5.74) is 0. The molecule has 0 atom stereocenters. The Kier molecular flexibility index (Phi) is 14.4. The Morgan fingerprint density at radius 2 is 1.23 bits per heavy atom. The highest BCUT2D eigenvalue weighted by molar-refractivity contribution is 5.76. The van der Waals surface area contributed by atoms with Crippen LogP contribution in [0.15, 0.2) is 0 Å². The second kappa shape index (κ2) is 15.0. The van der Waals surface area contributed by atoms with E-state index in [4.69, 9.17) is 0 Å². The normalized spacial score (nSPS) is 11.4. The molecule has 0 aliphatic carbocycles. The molecule has 0 radical (unpaired) electrons. The Labute approximate surface area is 162 Å². The van der Waals surface area contributed by atoms with Crippen molar-refractivity contribution in [3.8, 4) is 0 Å². The lowest BCUT2D eigenvalue weighted by atomic mass is 10.1. The molecule has 0 bridgehead atoms. The van der Waals surface area contributed by atoms with E-state index in [9.17, 15) is 9.59 Å². The van der Waals surface area contributed by atoms with E-state index in [1.807, 2.05) is 4.90 Å². The molecule has 2 amide bonds. The summed E-state index contributed by atoms with van der Waals surface area (Å²) < 4.78 is 0. The Balaban J connectivity index is 4.10. The lowest BCUT2D eigenvalue weighted by Crippen LogP contribution is -2.34. The van der Waals surface area contributed by atoms with Gasteiger partial charge >= 0.3 is 0 Å². The third kappa shape index (κ3) is 14.1. The zero-order chi connectivity index (χ0) is 19.9. The average molecular weight is 369 g/mol. The molecule has 0 aromatic carbocycles.